The normalized spacial score (nSPS) is 11.8. The van der Waals surface area contributed by atoms with Crippen molar-refractivity contribution in [2.24, 2.45) is 10.9 Å². The Bertz CT molecular complexity index is 256. The first-order valence-corrected chi connectivity index (χ1v) is 4.01. The molecule has 0 spiro atoms. The fourth-order valence-electron chi connectivity index (χ4n) is 0.892. The number of oxime groups is 1. The van der Waals surface area contributed by atoms with Crippen molar-refractivity contribution < 1.29 is 9.62 Å². The fourth-order valence-corrected chi connectivity index (χ4v) is 0.892. The first kappa shape index (κ1) is 9.60. The molecule has 1 aromatic heterocycles. The number of hydrogen-bond donors (Lipinski definition) is 3. The molecule has 0 bridgehead atoms. The van der Waals surface area contributed by atoms with Gasteiger partial charge in [0, 0.05) is 25.1 Å². The third-order valence-electron chi connectivity index (χ3n) is 1.60. The summed E-state index contributed by atoms with van der Waals surface area (Å²) in [7, 11) is 0. The van der Waals surface area contributed by atoms with Crippen molar-refractivity contribution in [2.45, 2.75) is 13.0 Å². The van der Waals surface area contributed by atoms with Gasteiger partial charge in [-0.05, 0) is 6.07 Å². The molecule has 0 unspecified atom stereocenters. The number of furan rings is 1. The van der Waals surface area contributed by atoms with Crippen LogP contribution in [-0.4, -0.2) is 17.6 Å². The first-order chi connectivity index (χ1) is 6.33. The van der Waals surface area contributed by atoms with Gasteiger partial charge in [-0.25, -0.2) is 0 Å². The largest absolute Gasteiger partial charge is 0.472 e. The van der Waals surface area contributed by atoms with Crippen LogP contribution in [-0.2, 0) is 6.54 Å². The molecule has 0 aliphatic heterocycles. The van der Waals surface area contributed by atoms with Crippen LogP contribution in [0.25, 0.3) is 0 Å². The molecule has 0 aliphatic carbocycles. The minimum atomic E-state index is 0.236. The van der Waals surface area contributed by atoms with Gasteiger partial charge in [0.25, 0.3) is 0 Å². The van der Waals surface area contributed by atoms with E-state index in [0.29, 0.717) is 13.0 Å². The Kier molecular flexibility index (Phi) is 3.84. The number of nitrogens with two attached hydrogens (primary N) is 1. The average Bonchev–Trinajstić information content (AvgIpc) is 2.64. The summed E-state index contributed by atoms with van der Waals surface area (Å²) in [5.41, 5.74) is 6.36. The maximum absolute atomic E-state index is 8.24. The van der Waals surface area contributed by atoms with Gasteiger partial charge in [0.2, 0.25) is 0 Å². The van der Waals surface area contributed by atoms with E-state index >= 15 is 0 Å². The zero-order valence-electron chi connectivity index (χ0n) is 7.23. The van der Waals surface area contributed by atoms with E-state index in [9.17, 15) is 0 Å². The van der Waals surface area contributed by atoms with Crippen LogP contribution in [0.15, 0.2) is 28.2 Å². The zero-order chi connectivity index (χ0) is 9.52. The summed E-state index contributed by atoms with van der Waals surface area (Å²) in [6, 6.07) is 1.89. The number of nitrogens with one attached hydrogen (secondary N) is 1. The van der Waals surface area contributed by atoms with Crippen LogP contribution < -0.4 is 11.1 Å². The van der Waals surface area contributed by atoms with Gasteiger partial charge in [-0.1, -0.05) is 5.16 Å². The van der Waals surface area contributed by atoms with Crippen LogP contribution in [0.2, 0.25) is 0 Å². The first-order valence-electron chi connectivity index (χ1n) is 4.01. The highest BCUT2D eigenvalue weighted by Gasteiger charge is 1.95. The molecule has 0 aromatic carbocycles. The lowest BCUT2D eigenvalue weighted by Gasteiger charge is -2.00. The van der Waals surface area contributed by atoms with Crippen molar-refractivity contribution in [3.05, 3.63) is 24.2 Å². The van der Waals surface area contributed by atoms with Crippen LogP contribution in [0.4, 0.5) is 0 Å². The number of hydrogen-bond acceptors (Lipinski definition) is 4. The number of rotatable bonds is 5. The molecule has 4 N–H and O–H groups in total. The van der Waals surface area contributed by atoms with Crippen LogP contribution >= 0.6 is 0 Å². The SMILES string of the molecule is N/C(CCNCc1ccoc1)=N/O. The van der Waals surface area contributed by atoms with Gasteiger partial charge in [0.15, 0.2) is 0 Å². The van der Waals surface area contributed by atoms with Crippen LogP contribution in [0.3, 0.4) is 0 Å². The number of nitrogens with zero attached hydrogens (tertiary/aromatic N) is 1. The fraction of sp³-hybridized carbons (Fsp3) is 0.375. The van der Waals surface area contributed by atoms with E-state index < -0.39 is 0 Å². The van der Waals surface area contributed by atoms with Crippen LogP contribution in [0.1, 0.15) is 12.0 Å². The molecule has 1 aromatic rings. The molecule has 72 valence electrons. The Balaban J connectivity index is 2.08. The summed E-state index contributed by atoms with van der Waals surface area (Å²) in [4.78, 5) is 0. The van der Waals surface area contributed by atoms with E-state index in [0.717, 1.165) is 12.1 Å². The highest BCUT2D eigenvalue weighted by Crippen LogP contribution is 1.97. The predicted octanol–water partition coefficient (Wildman–Crippen LogP) is 0.506. The molecule has 0 atom stereocenters. The molecule has 13 heavy (non-hydrogen) atoms. The molecule has 5 nitrogen and oxygen atoms in total. The van der Waals surface area contributed by atoms with Crippen molar-refractivity contribution in [3.63, 3.8) is 0 Å². The Hall–Kier alpha value is -1.49. The van der Waals surface area contributed by atoms with E-state index in [4.69, 9.17) is 15.4 Å². The molecule has 0 amide bonds. The lowest BCUT2D eigenvalue weighted by atomic mass is 10.3. The van der Waals surface area contributed by atoms with Gasteiger partial charge >= 0.3 is 0 Å². The second kappa shape index (κ2) is 5.21. The predicted molar refractivity (Wildman–Crippen MR) is 48.4 cm³/mol. The summed E-state index contributed by atoms with van der Waals surface area (Å²) in [5, 5.41) is 14.2. The van der Waals surface area contributed by atoms with Gasteiger partial charge in [-0.3, -0.25) is 0 Å². The van der Waals surface area contributed by atoms with Gasteiger partial charge in [-0.15, -0.1) is 0 Å². The zero-order valence-corrected chi connectivity index (χ0v) is 7.23. The summed E-state index contributed by atoms with van der Waals surface area (Å²) in [5.74, 6) is 0.236. The Morgan fingerprint density at radius 2 is 2.54 bits per heavy atom. The smallest absolute Gasteiger partial charge is 0.140 e. The molecule has 0 radical (unpaired) electrons. The van der Waals surface area contributed by atoms with E-state index in [1.807, 2.05) is 6.07 Å². The molecule has 0 saturated heterocycles. The standard InChI is InChI=1S/C8H13N3O2/c9-8(11-12)1-3-10-5-7-2-4-13-6-7/h2,4,6,10,12H,1,3,5H2,(H2,9,11). The summed E-state index contributed by atoms with van der Waals surface area (Å²) < 4.78 is 4.89. The second-order valence-corrected chi connectivity index (χ2v) is 2.65. The molecule has 0 saturated carbocycles. The minimum Gasteiger partial charge on any atom is -0.472 e. The quantitative estimate of drug-likeness (QED) is 0.204. The molecule has 1 heterocycles. The van der Waals surface area contributed by atoms with E-state index in [-0.39, 0.29) is 5.84 Å². The number of amidine groups is 1. The molecule has 1 rings (SSSR count). The Labute approximate surface area is 76.2 Å². The maximum atomic E-state index is 8.24. The summed E-state index contributed by atoms with van der Waals surface area (Å²) >= 11 is 0. The van der Waals surface area contributed by atoms with Crippen molar-refractivity contribution in [1.29, 1.82) is 0 Å². The van der Waals surface area contributed by atoms with E-state index in [1.165, 1.54) is 0 Å². The molecule has 5 heteroatoms. The van der Waals surface area contributed by atoms with Gasteiger partial charge in [0.05, 0.1) is 12.5 Å². The molecular weight excluding hydrogens is 170 g/mol. The Morgan fingerprint density at radius 1 is 1.69 bits per heavy atom. The molecule has 0 aliphatic rings. The molecular formula is C8H13N3O2. The monoisotopic (exact) mass is 183 g/mol. The minimum absolute atomic E-state index is 0.236. The van der Waals surface area contributed by atoms with Gasteiger partial charge in [-0.2, -0.15) is 0 Å². The average molecular weight is 183 g/mol. The highest BCUT2D eigenvalue weighted by atomic mass is 16.4. The van der Waals surface area contributed by atoms with E-state index in [2.05, 4.69) is 10.5 Å². The third kappa shape index (κ3) is 3.62. The Morgan fingerprint density at radius 3 is 3.15 bits per heavy atom. The van der Waals surface area contributed by atoms with Gasteiger partial charge in [0.1, 0.15) is 5.84 Å². The third-order valence-corrected chi connectivity index (χ3v) is 1.60. The van der Waals surface area contributed by atoms with Crippen LogP contribution in [0, 0.1) is 0 Å². The van der Waals surface area contributed by atoms with Crippen LogP contribution in [0.5, 0.6) is 0 Å². The van der Waals surface area contributed by atoms with Crippen molar-refractivity contribution >= 4 is 5.84 Å². The van der Waals surface area contributed by atoms with Crippen molar-refractivity contribution in [1.82, 2.24) is 5.32 Å². The highest BCUT2D eigenvalue weighted by molar-refractivity contribution is 5.79. The van der Waals surface area contributed by atoms with Gasteiger partial charge < -0.3 is 20.7 Å². The molecule has 0 fully saturated rings. The van der Waals surface area contributed by atoms with Crippen molar-refractivity contribution in [2.75, 3.05) is 6.54 Å². The lowest BCUT2D eigenvalue weighted by Crippen LogP contribution is -2.21. The maximum Gasteiger partial charge on any atom is 0.140 e. The topological polar surface area (TPSA) is 83.8 Å². The summed E-state index contributed by atoms with van der Waals surface area (Å²) in [6.07, 6.45) is 3.84. The second-order valence-electron chi connectivity index (χ2n) is 2.65. The lowest BCUT2D eigenvalue weighted by molar-refractivity contribution is 0.316. The summed E-state index contributed by atoms with van der Waals surface area (Å²) in [6.45, 7) is 1.41. The van der Waals surface area contributed by atoms with Crippen molar-refractivity contribution in [3.8, 4) is 0 Å². The van der Waals surface area contributed by atoms with E-state index in [1.54, 1.807) is 12.5 Å².